The van der Waals surface area contributed by atoms with Crippen LogP contribution in [0, 0.1) is 5.82 Å². The van der Waals surface area contributed by atoms with Crippen LogP contribution < -0.4 is 5.32 Å². The molecule has 1 aromatic heterocycles. The molecule has 0 radical (unpaired) electrons. The SMILES string of the molecule is O=C(Nc1cc(Cl)ccc1Cl)c1snnc1-c1ccc(F)cc1. The van der Waals surface area contributed by atoms with Gasteiger partial charge in [-0.1, -0.05) is 27.7 Å². The Morgan fingerprint density at radius 2 is 1.87 bits per heavy atom. The number of halogens is 3. The van der Waals surface area contributed by atoms with E-state index >= 15 is 0 Å². The van der Waals surface area contributed by atoms with Gasteiger partial charge >= 0.3 is 0 Å². The van der Waals surface area contributed by atoms with Crippen LogP contribution in [0.4, 0.5) is 10.1 Å². The van der Waals surface area contributed by atoms with E-state index < -0.39 is 5.91 Å². The summed E-state index contributed by atoms with van der Waals surface area (Å²) in [5.41, 5.74) is 1.37. The van der Waals surface area contributed by atoms with Crippen LogP contribution in [-0.2, 0) is 0 Å². The molecule has 0 bridgehead atoms. The van der Waals surface area contributed by atoms with Crippen molar-refractivity contribution in [1.29, 1.82) is 0 Å². The summed E-state index contributed by atoms with van der Waals surface area (Å²) in [6.45, 7) is 0. The van der Waals surface area contributed by atoms with Crippen molar-refractivity contribution in [3.8, 4) is 11.3 Å². The number of nitrogens with one attached hydrogen (secondary N) is 1. The van der Waals surface area contributed by atoms with Gasteiger partial charge < -0.3 is 5.32 Å². The fourth-order valence-electron chi connectivity index (χ4n) is 1.91. The first-order valence-electron chi connectivity index (χ1n) is 6.39. The predicted octanol–water partition coefficient (Wildman–Crippen LogP) is 4.90. The van der Waals surface area contributed by atoms with Crippen LogP contribution in [0.1, 0.15) is 9.67 Å². The van der Waals surface area contributed by atoms with Crippen molar-refractivity contribution in [1.82, 2.24) is 9.59 Å². The molecule has 0 aliphatic rings. The zero-order valence-corrected chi connectivity index (χ0v) is 13.7. The number of carbonyl (C=O) groups excluding carboxylic acids is 1. The third kappa shape index (κ3) is 3.50. The van der Waals surface area contributed by atoms with E-state index in [0.717, 1.165) is 11.5 Å². The molecule has 3 aromatic rings. The summed E-state index contributed by atoms with van der Waals surface area (Å²) in [4.78, 5) is 12.7. The number of hydrogen-bond acceptors (Lipinski definition) is 4. The zero-order valence-electron chi connectivity index (χ0n) is 11.4. The second-order valence-electron chi connectivity index (χ2n) is 4.54. The van der Waals surface area contributed by atoms with Crippen molar-refractivity contribution in [2.45, 2.75) is 0 Å². The van der Waals surface area contributed by atoms with E-state index in [0.29, 0.717) is 31.9 Å². The summed E-state index contributed by atoms with van der Waals surface area (Å²) >= 11 is 12.9. The van der Waals surface area contributed by atoms with Gasteiger partial charge in [-0.25, -0.2) is 4.39 Å². The maximum atomic E-state index is 13.0. The van der Waals surface area contributed by atoms with Gasteiger partial charge in [0.05, 0.1) is 10.7 Å². The second-order valence-corrected chi connectivity index (χ2v) is 6.13. The van der Waals surface area contributed by atoms with E-state index in [4.69, 9.17) is 23.2 Å². The highest BCUT2D eigenvalue weighted by Gasteiger charge is 2.19. The van der Waals surface area contributed by atoms with E-state index in [9.17, 15) is 9.18 Å². The minimum atomic E-state index is -0.413. The molecule has 0 atom stereocenters. The van der Waals surface area contributed by atoms with Gasteiger partial charge in [0.15, 0.2) is 0 Å². The molecule has 116 valence electrons. The van der Waals surface area contributed by atoms with Crippen LogP contribution >= 0.6 is 34.7 Å². The monoisotopic (exact) mass is 367 g/mol. The molecule has 0 spiro atoms. The molecule has 0 fully saturated rings. The number of rotatable bonds is 3. The fraction of sp³-hybridized carbons (Fsp3) is 0. The van der Waals surface area contributed by atoms with Gasteiger partial charge in [0.2, 0.25) is 0 Å². The molecule has 23 heavy (non-hydrogen) atoms. The van der Waals surface area contributed by atoms with E-state index in [1.807, 2.05) is 0 Å². The number of benzene rings is 2. The third-order valence-electron chi connectivity index (χ3n) is 2.99. The molecule has 2 aromatic carbocycles. The van der Waals surface area contributed by atoms with Gasteiger partial charge in [0.1, 0.15) is 16.4 Å². The largest absolute Gasteiger partial charge is 0.320 e. The Bertz CT molecular complexity index is 867. The number of anilines is 1. The molecule has 1 N–H and O–H groups in total. The van der Waals surface area contributed by atoms with Gasteiger partial charge in [-0.15, -0.1) is 5.10 Å². The van der Waals surface area contributed by atoms with Crippen LogP contribution in [0.5, 0.6) is 0 Å². The average Bonchev–Trinajstić information content (AvgIpc) is 3.01. The molecule has 8 heteroatoms. The summed E-state index contributed by atoms with van der Waals surface area (Å²) in [5, 5.41) is 7.44. The lowest BCUT2D eigenvalue weighted by atomic mass is 10.1. The lowest BCUT2D eigenvalue weighted by Gasteiger charge is -2.07. The zero-order chi connectivity index (χ0) is 16.4. The first kappa shape index (κ1) is 15.9. The van der Waals surface area contributed by atoms with Gasteiger partial charge in [0, 0.05) is 10.6 Å². The highest BCUT2D eigenvalue weighted by molar-refractivity contribution is 7.08. The van der Waals surface area contributed by atoms with Crippen molar-refractivity contribution >= 4 is 46.3 Å². The van der Waals surface area contributed by atoms with Crippen LogP contribution in [0.15, 0.2) is 42.5 Å². The Hall–Kier alpha value is -2.02. The van der Waals surface area contributed by atoms with E-state index in [1.54, 1.807) is 18.2 Å². The van der Waals surface area contributed by atoms with Crippen LogP contribution in [-0.4, -0.2) is 15.5 Å². The molecule has 4 nitrogen and oxygen atoms in total. The van der Waals surface area contributed by atoms with Crippen molar-refractivity contribution < 1.29 is 9.18 Å². The number of carbonyl (C=O) groups is 1. The maximum absolute atomic E-state index is 13.0. The van der Waals surface area contributed by atoms with Gasteiger partial charge in [0.25, 0.3) is 5.91 Å². The quantitative estimate of drug-likeness (QED) is 0.715. The Kier molecular flexibility index (Phi) is 4.56. The number of hydrogen-bond donors (Lipinski definition) is 1. The molecule has 0 aliphatic heterocycles. The Morgan fingerprint density at radius 3 is 2.61 bits per heavy atom. The molecule has 3 rings (SSSR count). The number of amides is 1. The minimum Gasteiger partial charge on any atom is -0.320 e. The van der Waals surface area contributed by atoms with E-state index in [2.05, 4.69) is 14.9 Å². The summed E-state index contributed by atoms with van der Waals surface area (Å²) < 4.78 is 16.8. The minimum absolute atomic E-state index is 0.299. The summed E-state index contributed by atoms with van der Waals surface area (Å²) in [7, 11) is 0. The molecular formula is C15H8Cl2FN3OS. The predicted molar refractivity (Wildman–Crippen MR) is 89.7 cm³/mol. The third-order valence-corrected chi connectivity index (χ3v) is 4.28. The fourth-order valence-corrected chi connectivity index (χ4v) is 2.83. The number of nitrogens with zero attached hydrogens (tertiary/aromatic N) is 2. The Balaban J connectivity index is 1.91. The van der Waals surface area contributed by atoms with Crippen molar-refractivity contribution in [3.05, 3.63) is 63.2 Å². The summed E-state index contributed by atoms with van der Waals surface area (Å²) in [6, 6.07) is 10.4. The van der Waals surface area contributed by atoms with Crippen LogP contribution in [0.25, 0.3) is 11.3 Å². The Labute approximate surface area is 145 Å². The van der Waals surface area contributed by atoms with Crippen LogP contribution in [0.2, 0.25) is 10.0 Å². The molecule has 0 saturated carbocycles. The highest BCUT2D eigenvalue weighted by atomic mass is 35.5. The molecule has 0 saturated heterocycles. The van der Waals surface area contributed by atoms with Crippen molar-refractivity contribution in [2.75, 3.05) is 5.32 Å². The summed E-state index contributed by atoms with van der Waals surface area (Å²) in [5.74, 6) is -0.780. The number of aromatic nitrogens is 2. The van der Waals surface area contributed by atoms with E-state index in [-0.39, 0.29) is 5.82 Å². The Morgan fingerprint density at radius 1 is 1.13 bits per heavy atom. The standard InChI is InChI=1S/C15H8Cl2FN3OS/c16-9-3-6-11(17)12(7-9)19-15(22)14-13(20-21-23-14)8-1-4-10(18)5-2-8/h1-7H,(H,19,22). The lowest BCUT2D eigenvalue weighted by molar-refractivity contribution is 0.103. The first-order valence-corrected chi connectivity index (χ1v) is 7.92. The van der Waals surface area contributed by atoms with Crippen molar-refractivity contribution in [3.63, 3.8) is 0 Å². The van der Waals surface area contributed by atoms with E-state index in [1.165, 1.54) is 24.3 Å². The van der Waals surface area contributed by atoms with Crippen LogP contribution in [0.3, 0.4) is 0 Å². The smallest absolute Gasteiger partial charge is 0.269 e. The second kappa shape index (κ2) is 6.62. The van der Waals surface area contributed by atoms with Gasteiger partial charge in [-0.3, -0.25) is 4.79 Å². The van der Waals surface area contributed by atoms with Crippen molar-refractivity contribution in [2.24, 2.45) is 0 Å². The normalized spacial score (nSPS) is 10.6. The molecule has 0 unspecified atom stereocenters. The average molecular weight is 368 g/mol. The molecular weight excluding hydrogens is 360 g/mol. The molecule has 1 amide bonds. The highest BCUT2D eigenvalue weighted by Crippen LogP contribution is 2.28. The van der Waals surface area contributed by atoms with Gasteiger partial charge in [-0.05, 0) is 54.0 Å². The lowest BCUT2D eigenvalue weighted by Crippen LogP contribution is -2.11. The summed E-state index contributed by atoms with van der Waals surface area (Å²) in [6.07, 6.45) is 0. The molecule has 1 heterocycles. The van der Waals surface area contributed by atoms with Gasteiger partial charge in [-0.2, -0.15) is 0 Å². The maximum Gasteiger partial charge on any atom is 0.269 e. The topological polar surface area (TPSA) is 54.9 Å². The first-order chi connectivity index (χ1) is 11.0. The molecule has 0 aliphatic carbocycles.